The van der Waals surface area contributed by atoms with Gasteiger partial charge in [-0.2, -0.15) is 0 Å². The molecule has 0 aliphatic heterocycles. The summed E-state index contributed by atoms with van der Waals surface area (Å²) >= 11 is 0. The highest BCUT2D eigenvalue weighted by Crippen LogP contribution is 2.04. The number of allylic oxidation sites excluding steroid dienone is 1. The van der Waals surface area contributed by atoms with E-state index in [1.54, 1.807) is 19.1 Å². The van der Waals surface area contributed by atoms with Crippen molar-refractivity contribution in [3.8, 4) is 11.8 Å². The highest BCUT2D eigenvalue weighted by atomic mass is 16.5. The Balaban J connectivity index is 3.72. The van der Waals surface area contributed by atoms with E-state index >= 15 is 0 Å². The van der Waals surface area contributed by atoms with E-state index in [-0.39, 0.29) is 18.5 Å². The summed E-state index contributed by atoms with van der Waals surface area (Å²) in [5.74, 6) is 5.75. The maximum absolute atomic E-state index is 11.0. The monoisotopic (exact) mass is 210 g/mol. The third kappa shape index (κ3) is 9.04. The Morgan fingerprint density at radius 1 is 1.60 bits per heavy atom. The fourth-order valence-electron chi connectivity index (χ4n) is 0.942. The number of hydrogen-bond donors (Lipinski definition) is 1. The molecule has 84 valence electrons. The summed E-state index contributed by atoms with van der Waals surface area (Å²) in [5, 5.41) is 8.45. The predicted molar refractivity (Wildman–Crippen MR) is 59.0 cm³/mol. The fraction of sp³-hybridized carbons (Fsp3) is 0.583. The van der Waals surface area contributed by atoms with Gasteiger partial charge in [0.15, 0.2) is 0 Å². The molecule has 0 amide bonds. The average Bonchev–Trinajstić information content (AvgIpc) is 2.22. The normalized spacial score (nSPS) is 11.9. The lowest BCUT2D eigenvalue weighted by Crippen LogP contribution is -2.05. The zero-order valence-corrected chi connectivity index (χ0v) is 9.32. The minimum Gasteiger partial charge on any atom is -0.466 e. The number of esters is 1. The molecule has 0 spiro atoms. The van der Waals surface area contributed by atoms with Gasteiger partial charge in [0.2, 0.25) is 0 Å². The van der Waals surface area contributed by atoms with Crippen molar-refractivity contribution in [1.82, 2.24) is 0 Å². The number of ether oxygens (including phenoxy) is 1. The topological polar surface area (TPSA) is 46.5 Å². The van der Waals surface area contributed by atoms with Crippen LogP contribution in [0.4, 0.5) is 0 Å². The van der Waals surface area contributed by atoms with Crippen LogP contribution in [0.2, 0.25) is 0 Å². The largest absolute Gasteiger partial charge is 0.466 e. The summed E-state index contributed by atoms with van der Waals surface area (Å²) in [5.41, 5.74) is 0. The van der Waals surface area contributed by atoms with E-state index in [0.29, 0.717) is 19.4 Å². The number of aliphatic hydroxyl groups excluding tert-OH is 1. The van der Waals surface area contributed by atoms with Gasteiger partial charge in [-0.05, 0) is 19.4 Å². The summed E-state index contributed by atoms with van der Waals surface area (Å²) in [6, 6.07) is 0. The smallest absolute Gasteiger partial charge is 0.305 e. The Morgan fingerprint density at radius 3 is 2.93 bits per heavy atom. The average molecular weight is 210 g/mol. The third-order valence-corrected chi connectivity index (χ3v) is 1.72. The molecule has 0 radical (unpaired) electrons. The first kappa shape index (κ1) is 13.7. The van der Waals surface area contributed by atoms with Gasteiger partial charge >= 0.3 is 5.97 Å². The van der Waals surface area contributed by atoms with Gasteiger partial charge < -0.3 is 9.84 Å². The molecule has 3 nitrogen and oxygen atoms in total. The van der Waals surface area contributed by atoms with Gasteiger partial charge in [0.1, 0.15) is 0 Å². The second-order valence-corrected chi connectivity index (χ2v) is 3.12. The molecular formula is C12H18O3. The van der Waals surface area contributed by atoms with Gasteiger partial charge in [0.05, 0.1) is 13.2 Å². The van der Waals surface area contributed by atoms with Crippen LogP contribution in [-0.4, -0.2) is 24.3 Å². The molecule has 0 aromatic heterocycles. The SMILES string of the molecule is CCOC(=O)CC[C@H](C)C#C/C=C/CO. The van der Waals surface area contributed by atoms with Gasteiger partial charge in [-0.1, -0.05) is 24.8 Å². The minimum atomic E-state index is -0.169. The van der Waals surface area contributed by atoms with Crippen molar-refractivity contribution in [2.24, 2.45) is 5.92 Å². The molecule has 0 aromatic carbocycles. The molecule has 0 fully saturated rings. The summed E-state index contributed by atoms with van der Waals surface area (Å²) < 4.78 is 4.80. The molecule has 0 bridgehead atoms. The first-order chi connectivity index (χ1) is 7.20. The Bertz CT molecular complexity index is 258. The van der Waals surface area contributed by atoms with Crippen molar-refractivity contribution in [3.63, 3.8) is 0 Å². The predicted octanol–water partition coefficient (Wildman–Crippen LogP) is 1.52. The van der Waals surface area contributed by atoms with Crippen molar-refractivity contribution in [2.75, 3.05) is 13.2 Å². The summed E-state index contributed by atoms with van der Waals surface area (Å²) in [7, 11) is 0. The molecule has 0 rings (SSSR count). The summed E-state index contributed by atoms with van der Waals surface area (Å²) in [6.07, 6.45) is 4.30. The molecule has 0 aliphatic rings. The van der Waals surface area contributed by atoms with Crippen LogP contribution in [0.3, 0.4) is 0 Å². The number of rotatable bonds is 5. The molecule has 3 heteroatoms. The van der Waals surface area contributed by atoms with Crippen molar-refractivity contribution >= 4 is 5.97 Å². The molecule has 0 saturated carbocycles. The highest BCUT2D eigenvalue weighted by molar-refractivity contribution is 5.69. The molecule has 0 aliphatic carbocycles. The lowest BCUT2D eigenvalue weighted by molar-refractivity contribution is -0.143. The second kappa shape index (κ2) is 9.29. The number of hydrogen-bond acceptors (Lipinski definition) is 3. The Labute approximate surface area is 91.1 Å². The standard InChI is InChI=1S/C12H18O3/c1-3-15-12(14)9-8-11(2)7-5-4-6-10-13/h4,6,11,13H,3,8-10H2,1-2H3/b6-4+/t11-/m1/s1. The van der Waals surface area contributed by atoms with Crippen LogP contribution in [0, 0.1) is 17.8 Å². The molecule has 15 heavy (non-hydrogen) atoms. The van der Waals surface area contributed by atoms with Gasteiger partial charge in [0.25, 0.3) is 0 Å². The van der Waals surface area contributed by atoms with E-state index in [9.17, 15) is 4.79 Å². The van der Waals surface area contributed by atoms with Crippen LogP contribution in [0.5, 0.6) is 0 Å². The molecular weight excluding hydrogens is 192 g/mol. The number of carbonyl (C=O) groups is 1. The van der Waals surface area contributed by atoms with E-state index in [4.69, 9.17) is 9.84 Å². The number of aliphatic hydroxyl groups is 1. The highest BCUT2D eigenvalue weighted by Gasteiger charge is 2.04. The van der Waals surface area contributed by atoms with Crippen LogP contribution >= 0.6 is 0 Å². The minimum absolute atomic E-state index is 0.00584. The summed E-state index contributed by atoms with van der Waals surface area (Å²) in [4.78, 5) is 11.0. The zero-order valence-electron chi connectivity index (χ0n) is 9.32. The number of carbonyl (C=O) groups excluding carboxylic acids is 1. The lowest BCUT2D eigenvalue weighted by atomic mass is 10.1. The van der Waals surface area contributed by atoms with E-state index in [2.05, 4.69) is 11.8 Å². The molecule has 0 unspecified atom stereocenters. The van der Waals surface area contributed by atoms with Gasteiger partial charge in [-0.25, -0.2) is 0 Å². The summed E-state index contributed by atoms with van der Waals surface area (Å²) in [6.45, 7) is 4.18. The van der Waals surface area contributed by atoms with Crippen molar-refractivity contribution in [3.05, 3.63) is 12.2 Å². The van der Waals surface area contributed by atoms with Crippen LogP contribution < -0.4 is 0 Å². The molecule has 0 saturated heterocycles. The Hall–Kier alpha value is -1.27. The van der Waals surface area contributed by atoms with Gasteiger partial charge in [-0.15, -0.1) is 0 Å². The van der Waals surface area contributed by atoms with Crippen LogP contribution in [0.25, 0.3) is 0 Å². The first-order valence-corrected chi connectivity index (χ1v) is 5.13. The molecule has 1 atom stereocenters. The fourth-order valence-corrected chi connectivity index (χ4v) is 0.942. The molecule has 1 N–H and O–H groups in total. The Kier molecular flexibility index (Phi) is 8.50. The zero-order chi connectivity index (χ0) is 11.5. The van der Waals surface area contributed by atoms with Crippen molar-refractivity contribution in [1.29, 1.82) is 0 Å². The van der Waals surface area contributed by atoms with Crippen LogP contribution in [0.1, 0.15) is 26.7 Å². The molecule has 0 heterocycles. The van der Waals surface area contributed by atoms with E-state index in [1.807, 2.05) is 6.92 Å². The van der Waals surface area contributed by atoms with Gasteiger partial charge in [0, 0.05) is 12.3 Å². The maximum atomic E-state index is 11.0. The van der Waals surface area contributed by atoms with E-state index in [0.717, 1.165) is 0 Å². The molecule has 0 aromatic rings. The van der Waals surface area contributed by atoms with Crippen LogP contribution in [-0.2, 0) is 9.53 Å². The lowest BCUT2D eigenvalue weighted by Gasteiger charge is -2.03. The quantitative estimate of drug-likeness (QED) is 0.552. The first-order valence-electron chi connectivity index (χ1n) is 5.13. The van der Waals surface area contributed by atoms with E-state index in [1.165, 1.54) is 0 Å². The van der Waals surface area contributed by atoms with Crippen molar-refractivity contribution in [2.45, 2.75) is 26.7 Å². The second-order valence-electron chi connectivity index (χ2n) is 3.12. The maximum Gasteiger partial charge on any atom is 0.305 e. The van der Waals surface area contributed by atoms with Crippen LogP contribution in [0.15, 0.2) is 12.2 Å². The Morgan fingerprint density at radius 2 is 2.33 bits per heavy atom. The van der Waals surface area contributed by atoms with Crippen molar-refractivity contribution < 1.29 is 14.6 Å². The van der Waals surface area contributed by atoms with Gasteiger partial charge in [-0.3, -0.25) is 4.79 Å². The third-order valence-electron chi connectivity index (χ3n) is 1.72. The van der Waals surface area contributed by atoms with E-state index < -0.39 is 0 Å².